The minimum absolute atomic E-state index is 0.347. The SMILES string of the molecule is COC1CC=C(c2cc(Cl)c(Br)c(Cl)c2)CC1. The van der Waals surface area contributed by atoms with Crippen molar-refractivity contribution in [2.24, 2.45) is 0 Å². The summed E-state index contributed by atoms with van der Waals surface area (Å²) in [6.07, 6.45) is 5.57. The lowest BCUT2D eigenvalue weighted by Crippen LogP contribution is -2.13. The summed E-state index contributed by atoms with van der Waals surface area (Å²) in [5.74, 6) is 0. The van der Waals surface area contributed by atoms with Crippen molar-refractivity contribution in [2.75, 3.05) is 7.11 Å². The molecule has 0 heterocycles. The van der Waals surface area contributed by atoms with Crippen molar-refractivity contribution in [3.8, 4) is 0 Å². The summed E-state index contributed by atoms with van der Waals surface area (Å²) in [5.41, 5.74) is 2.41. The van der Waals surface area contributed by atoms with Gasteiger partial charge in [0, 0.05) is 7.11 Å². The Morgan fingerprint density at radius 1 is 1.29 bits per heavy atom. The monoisotopic (exact) mass is 334 g/mol. The molecule has 1 aromatic carbocycles. The van der Waals surface area contributed by atoms with E-state index in [1.165, 1.54) is 5.57 Å². The molecule has 0 fully saturated rings. The topological polar surface area (TPSA) is 9.23 Å². The molecule has 1 nitrogen and oxygen atoms in total. The number of hydrogen-bond acceptors (Lipinski definition) is 1. The van der Waals surface area contributed by atoms with Gasteiger partial charge in [-0.3, -0.25) is 0 Å². The highest BCUT2D eigenvalue weighted by molar-refractivity contribution is 9.10. The highest BCUT2D eigenvalue weighted by atomic mass is 79.9. The molecule has 2 rings (SSSR count). The van der Waals surface area contributed by atoms with Crippen molar-refractivity contribution >= 4 is 44.7 Å². The predicted octanol–water partition coefficient (Wildman–Crippen LogP) is 5.34. The molecule has 1 aliphatic carbocycles. The lowest BCUT2D eigenvalue weighted by molar-refractivity contribution is 0.0964. The van der Waals surface area contributed by atoms with Crippen molar-refractivity contribution in [1.82, 2.24) is 0 Å². The normalized spacial score (nSPS) is 20.2. The molecule has 1 aromatic rings. The van der Waals surface area contributed by atoms with E-state index in [9.17, 15) is 0 Å². The largest absolute Gasteiger partial charge is 0.381 e. The summed E-state index contributed by atoms with van der Waals surface area (Å²) in [7, 11) is 1.76. The molecule has 1 aliphatic rings. The fraction of sp³-hybridized carbons (Fsp3) is 0.385. The van der Waals surface area contributed by atoms with Crippen LogP contribution in [-0.2, 0) is 4.74 Å². The highest BCUT2D eigenvalue weighted by Gasteiger charge is 2.16. The third-order valence-electron chi connectivity index (χ3n) is 3.05. The van der Waals surface area contributed by atoms with Crippen LogP contribution >= 0.6 is 39.1 Å². The van der Waals surface area contributed by atoms with Crippen LogP contribution < -0.4 is 0 Å². The van der Waals surface area contributed by atoms with Gasteiger partial charge >= 0.3 is 0 Å². The predicted molar refractivity (Wildman–Crippen MR) is 76.8 cm³/mol. The van der Waals surface area contributed by atoms with Gasteiger partial charge in [-0.15, -0.1) is 0 Å². The minimum Gasteiger partial charge on any atom is -0.381 e. The van der Waals surface area contributed by atoms with Gasteiger partial charge in [-0.2, -0.15) is 0 Å². The zero-order chi connectivity index (χ0) is 12.4. The molecule has 17 heavy (non-hydrogen) atoms. The molecule has 0 aliphatic heterocycles. The third-order valence-corrected chi connectivity index (χ3v) is 4.96. The Kier molecular flexibility index (Phi) is 4.53. The number of halogens is 3. The average Bonchev–Trinajstić information content (AvgIpc) is 2.35. The number of ether oxygens (including phenoxy) is 1. The Bertz CT molecular complexity index is 434. The Hall–Kier alpha value is -0.0200. The number of hydrogen-bond donors (Lipinski definition) is 0. The van der Waals surface area contributed by atoms with Crippen molar-refractivity contribution in [3.05, 3.63) is 38.3 Å². The van der Waals surface area contributed by atoms with Gasteiger partial charge in [0.1, 0.15) is 0 Å². The maximum absolute atomic E-state index is 6.11. The second kappa shape index (κ2) is 5.75. The second-order valence-electron chi connectivity index (χ2n) is 4.12. The van der Waals surface area contributed by atoms with Gasteiger partial charge in [-0.1, -0.05) is 29.3 Å². The van der Waals surface area contributed by atoms with E-state index in [2.05, 4.69) is 22.0 Å². The number of benzene rings is 1. The lowest BCUT2D eigenvalue weighted by Gasteiger charge is -2.21. The molecule has 92 valence electrons. The van der Waals surface area contributed by atoms with Gasteiger partial charge < -0.3 is 4.74 Å². The van der Waals surface area contributed by atoms with Gasteiger partial charge in [-0.05, 0) is 58.5 Å². The Morgan fingerprint density at radius 2 is 1.94 bits per heavy atom. The number of methoxy groups -OCH3 is 1. The molecule has 0 saturated carbocycles. The Morgan fingerprint density at radius 3 is 2.41 bits per heavy atom. The lowest BCUT2D eigenvalue weighted by atomic mass is 9.92. The first-order chi connectivity index (χ1) is 8.11. The summed E-state index contributed by atoms with van der Waals surface area (Å²) < 4.78 is 6.10. The maximum atomic E-state index is 6.11. The van der Waals surface area contributed by atoms with Gasteiger partial charge in [0.25, 0.3) is 0 Å². The van der Waals surface area contributed by atoms with Crippen LogP contribution in [0.3, 0.4) is 0 Å². The minimum atomic E-state index is 0.347. The molecular weight excluding hydrogens is 323 g/mol. The van der Waals surface area contributed by atoms with Crippen molar-refractivity contribution < 1.29 is 4.74 Å². The summed E-state index contributed by atoms with van der Waals surface area (Å²) in [4.78, 5) is 0. The standard InChI is InChI=1S/C13H13BrCl2O/c1-17-10-4-2-8(3-5-10)9-6-11(15)13(14)12(16)7-9/h2,6-7,10H,3-5H2,1H3. The highest BCUT2D eigenvalue weighted by Crippen LogP contribution is 2.36. The van der Waals surface area contributed by atoms with E-state index in [-0.39, 0.29) is 0 Å². The summed E-state index contributed by atoms with van der Waals surface area (Å²) in [6, 6.07) is 3.91. The summed E-state index contributed by atoms with van der Waals surface area (Å²) >= 11 is 15.6. The fourth-order valence-electron chi connectivity index (χ4n) is 2.03. The van der Waals surface area contributed by atoms with E-state index in [0.717, 1.165) is 29.3 Å². The van der Waals surface area contributed by atoms with E-state index < -0.39 is 0 Å². The molecule has 0 spiro atoms. The van der Waals surface area contributed by atoms with E-state index in [0.29, 0.717) is 16.1 Å². The molecule has 0 radical (unpaired) electrons. The zero-order valence-electron chi connectivity index (χ0n) is 9.47. The third kappa shape index (κ3) is 3.05. The molecular formula is C13H13BrCl2O. The van der Waals surface area contributed by atoms with E-state index in [1.807, 2.05) is 12.1 Å². The van der Waals surface area contributed by atoms with Crippen LogP contribution in [0, 0.1) is 0 Å². The first-order valence-electron chi connectivity index (χ1n) is 5.48. The first-order valence-corrected chi connectivity index (χ1v) is 7.03. The van der Waals surface area contributed by atoms with Crippen LogP contribution in [0.1, 0.15) is 24.8 Å². The molecule has 0 saturated heterocycles. The van der Waals surface area contributed by atoms with Crippen molar-refractivity contribution in [3.63, 3.8) is 0 Å². The molecule has 0 aromatic heterocycles. The van der Waals surface area contributed by atoms with Gasteiger partial charge in [0.2, 0.25) is 0 Å². The molecule has 0 N–H and O–H groups in total. The Balaban J connectivity index is 2.27. The molecule has 1 atom stereocenters. The fourth-order valence-corrected chi connectivity index (χ4v) is 2.74. The van der Waals surface area contributed by atoms with Crippen LogP contribution in [0.4, 0.5) is 0 Å². The van der Waals surface area contributed by atoms with Crippen LogP contribution in [-0.4, -0.2) is 13.2 Å². The molecule has 0 amide bonds. The van der Waals surface area contributed by atoms with Crippen molar-refractivity contribution in [2.45, 2.75) is 25.4 Å². The van der Waals surface area contributed by atoms with E-state index in [1.54, 1.807) is 7.11 Å². The second-order valence-corrected chi connectivity index (χ2v) is 5.72. The van der Waals surface area contributed by atoms with Crippen LogP contribution in [0.2, 0.25) is 10.0 Å². The van der Waals surface area contributed by atoms with Crippen LogP contribution in [0.15, 0.2) is 22.7 Å². The molecule has 4 heteroatoms. The maximum Gasteiger partial charge on any atom is 0.0609 e. The Labute approximate surface area is 120 Å². The number of allylic oxidation sites excluding steroid dienone is 1. The molecule has 0 bridgehead atoms. The van der Waals surface area contributed by atoms with Crippen LogP contribution in [0.25, 0.3) is 5.57 Å². The summed E-state index contributed by atoms with van der Waals surface area (Å²) in [6.45, 7) is 0. The van der Waals surface area contributed by atoms with Crippen molar-refractivity contribution in [1.29, 1.82) is 0 Å². The van der Waals surface area contributed by atoms with E-state index >= 15 is 0 Å². The van der Waals surface area contributed by atoms with Gasteiger partial charge in [0.15, 0.2) is 0 Å². The van der Waals surface area contributed by atoms with E-state index in [4.69, 9.17) is 27.9 Å². The van der Waals surface area contributed by atoms with Gasteiger partial charge in [0.05, 0.1) is 20.6 Å². The average molecular weight is 336 g/mol. The quantitative estimate of drug-likeness (QED) is 0.663. The summed E-state index contributed by atoms with van der Waals surface area (Å²) in [5, 5.41) is 1.31. The zero-order valence-corrected chi connectivity index (χ0v) is 12.6. The smallest absolute Gasteiger partial charge is 0.0609 e. The first kappa shape index (κ1) is 13.4. The van der Waals surface area contributed by atoms with Crippen LogP contribution in [0.5, 0.6) is 0 Å². The molecule has 1 unspecified atom stereocenters. The number of rotatable bonds is 2. The van der Waals surface area contributed by atoms with Gasteiger partial charge in [-0.25, -0.2) is 0 Å².